The molecule has 1 atom stereocenters. The van der Waals surface area contributed by atoms with Crippen LogP contribution < -0.4 is 5.32 Å². The number of alkyl halides is 1. The minimum atomic E-state index is -0.742. The second kappa shape index (κ2) is 7.81. The van der Waals surface area contributed by atoms with Crippen molar-refractivity contribution in [2.45, 2.75) is 19.8 Å². The maximum atomic E-state index is 12.5. The van der Waals surface area contributed by atoms with Crippen molar-refractivity contribution in [2.75, 3.05) is 12.5 Å². The zero-order valence-electron chi connectivity index (χ0n) is 13.7. The van der Waals surface area contributed by atoms with Crippen molar-refractivity contribution in [1.29, 1.82) is 5.26 Å². The summed E-state index contributed by atoms with van der Waals surface area (Å²) < 4.78 is 5.12. The Hall–Kier alpha value is -2.85. The molecule has 1 aromatic carbocycles. The Bertz CT molecular complexity index is 823. The van der Waals surface area contributed by atoms with Crippen molar-refractivity contribution in [3.05, 3.63) is 62.5 Å². The van der Waals surface area contributed by atoms with Crippen molar-refractivity contribution in [3.8, 4) is 6.07 Å². The highest BCUT2D eigenvalue weighted by molar-refractivity contribution is 6.18. The number of hydrogen-bond donors (Lipinski definition) is 1. The molecule has 0 saturated carbocycles. The van der Waals surface area contributed by atoms with Crippen LogP contribution in [0.3, 0.4) is 0 Å². The zero-order chi connectivity index (χ0) is 18.6. The molecule has 0 spiro atoms. The molecule has 2 rings (SSSR count). The zero-order valence-corrected chi connectivity index (χ0v) is 14.5. The van der Waals surface area contributed by atoms with Crippen LogP contribution in [0.5, 0.6) is 0 Å². The van der Waals surface area contributed by atoms with Crippen molar-refractivity contribution < 1.29 is 14.5 Å². The summed E-state index contributed by atoms with van der Waals surface area (Å²) in [7, 11) is 0. The topological polar surface area (TPSA) is 105 Å². The summed E-state index contributed by atoms with van der Waals surface area (Å²) in [6, 6.07) is 7.99. The average Bonchev–Trinajstić information content (AvgIpc) is 2.59. The van der Waals surface area contributed by atoms with E-state index < -0.39 is 16.8 Å². The maximum Gasteiger partial charge on any atom is 0.336 e. The SMILES string of the molecule is CC1=C(C#N)[C@@H](c2cccc([N+](=O)[O-])c2)C(C(=O)OCCCl)=C(C)N1. The number of esters is 1. The molecule has 1 N–H and O–H groups in total. The average molecular weight is 362 g/mol. The summed E-state index contributed by atoms with van der Waals surface area (Å²) in [5.74, 6) is -1.20. The lowest BCUT2D eigenvalue weighted by atomic mass is 9.81. The Morgan fingerprint density at radius 1 is 1.44 bits per heavy atom. The number of nitrogens with zero attached hydrogens (tertiary/aromatic N) is 2. The quantitative estimate of drug-likeness (QED) is 0.374. The van der Waals surface area contributed by atoms with Crippen LogP contribution in [0.2, 0.25) is 0 Å². The number of allylic oxidation sites excluding steroid dienone is 3. The summed E-state index contributed by atoms with van der Waals surface area (Å²) >= 11 is 5.56. The Morgan fingerprint density at radius 3 is 2.76 bits per heavy atom. The summed E-state index contributed by atoms with van der Waals surface area (Å²) in [4.78, 5) is 23.0. The standard InChI is InChI=1S/C17H16ClN3O4/c1-10-14(9-19)16(12-4-3-5-13(8-12)21(23)24)15(11(2)20-10)17(22)25-7-6-18/h3-5,8,16,20H,6-7H2,1-2H3/t16-/m1/s1. The number of halogens is 1. The Kier molecular flexibility index (Phi) is 5.78. The first-order valence-electron chi connectivity index (χ1n) is 7.46. The minimum Gasteiger partial charge on any atom is -0.461 e. The first-order chi connectivity index (χ1) is 11.9. The molecule has 0 aliphatic carbocycles. The summed E-state index contributed by atoms with van der Waals surface area (Å²) in [6.07, 6.45) is 0. The van der Waals surface area contributed by atoms with E-state index in [2.05, 4.69) is 11.4 Å². The van der Waals surface area contributed by atoms with Crippen molar-refractivity contribution in [1.82, 2.24) is 5.32 Å². The number of carbonyl (C=O) groups is 1. The fourth-order valence-corrected chi connectivity index (χ4v) is 2.85. The molecule has 0 saturated heterocycles. The molecular formula is C17H16ClN3O4. The maximum absolute atomic E-state index is 12.5. The van der Waals surface area contributed by atoms with E-state index in [1.54, 1.807) is 19.9 Å². The number of carbonyl (C=O) groups excluding carboxylic acids is 1. The first-order valence-corrected chi connectivity index (χ1v) is 8.00. The van der Waals surface area contributed by atoms with Crippen LogP contribution in [0.4, 0.5) is 5.69 Å². The normalized spacial score (nSPS) is 17.0. The lowest BCUT2D eigenvalue weighted by Crippen LogP contribution is -2.29. The van der Waals surface area contributed by atoms with Crippen LogP contribution in [0.25, 0.3) is 0 Å². The predicted octanol–water partition coefficient (Wildman–Crippen LogP) is 3.14. The number of dihydropyridines is 1. The molecule has 0 fully saturated rings. The van der Waals surface area contributed by atoms with E-state index in [4.69, 9.17) is 16.3 Å². The molecular weight excluding hydrogens is 346 g/mol. The van der Waals surface area contributed by atoms with Crippen molar-refractivity contribution in [2.24, 2.45) is 0 Å². The number of nitro groups is 1. The number of non-ortho nitro benzene ring substituents is 1. The van der Waals surface area contributed by atoms with Crippen LogP contribution >= 0.6 is 11.6 Å². The summed E-state index contributed by atoms with van der Waals surface area (Å²) in [5, 5.41) is 23.6. The van der Waals surface area contributed by atoms with Crippen LogP contribution in [0.1, 0.15) is 25.3 Å². The van der Waals surface area contributed by atoms with E-state index in [1.165, 1.54) is 18.2 Å². The molecule has 1 aliphatic heterocycles. The number of ether oxygens (including phenoxy) is 1. The minimum absolute atomic E-state index is 0.0312. The van der Waals surface area contributed by atoms with E-state index in [9.17, 15) is 20.2 Å². The number of nitriles is 1. The highest BCUT2D eigenvalue weighted by Crippen LogP contribution is 2.39. The molecule has 1 aromatic rings. The second-order valence-electron chi connectivity index (χ2n) is 5.42. The Labute approximate surface area is 149 Å². The smallest absolute Gasteiger partial charge is 0.336 e. The molecule has 8 heteroatoms. The van der Waals surface area contributed by atoms with Gasteiger partial charge in [-0.05, 0) is 19.4 Å². The van der Waals surface area contributed by atoms with Gasteiger partial charge in [-0.3, -0.25) is 10.1 Å². The van der Waals surface area contributed by atoms with Gasteiger partial charge >= 0.3 is 5.97 Å². The molecule has 130 valence electrons. The van der Waals surface area contributed by atoms with Crippen LogP contribution in [-0.4, -0.2) is 23.4 Å². The third kappa shape index (κ3) is 3.80. The van der Waals surface area contributed by atoms with Crippen molar-refractivity contribution >= 4 is 23.3 Å². The Morgan fingerprint density at radius 2 is 2.16 bits per heavy atom. The van der Waals surface area contributed by atoms with E-state index in [0.717, 1.165) is 0 Å². The van der Waals surface area contributed by atoms with Gasteiger partial charge in [-0.15, -0.1) is 11.6 Å². The second-order valence-corrected chi connectivity index (χ2v) is 5.80. The van der Waals surface area contributed by atoms with Gasteiger partial charge in [-0.1, -0.05) is 12.1 Å². The number of nitrogens with one attached hydrogen (secondary N) is 1. The van der Waals surface area contributed by atoms with E-state index in [-0.39, 0.29) is 23.7 Å². The van der Waals surface area contributed by atoms with Gasteiger partial charge in [0.1, 0.15) is 6.61 Å². The van der Waals surface area contributed by atoms with Crippen molar-refractivity contribution in [3.63, 3.8) is 0 Å². The van der Waals surface area contributed by atoms with Crippen LogP contribution in [0.15, 0.2) is 46.8 Å². The predicted molar refractivity (Wildman–Crippen MR) is 91.7 cm³/mol. The van der Waals surface area contributed by atoms with E-state index >= 15 is 0 Å². The van der Waals surface area contributed by atoms with Gasteiger partial charge in [-0.25, -0.2) is 4.79 Å². The molecule has 1 heterocycles. The van der Waals surface area contributed by atoms with E-state index in [1.807, 2.05) is 0 Å². The number of benzene rings is 1. The monoisotopic (exact) mass is 361 g/mol. The van der Waals surface area contributed by atoms with Gasteiger partial charge in [-0.2, -0.15) is 5.26 Å². The number of nitro benzene ring substituents is 1. The van der Waals surface area contributed by atoms with Crippen LogP contribution in [0, 0.1) is 21.4 Å². The first kappa shape index (κ1) is 18.5. The molecule has 7 nitrogen and oxygen atoms in total. The lowest BCUT2D eigenvalue weighted by Gasteiger charge is -2.28. The molecule has 0 amide bonds. The van der Waals surface area contributed by atoms with Gasteiger partial charge in [0.15, 0.2) is 0 Å². The van der Waals surface area contributed by atoms with Gasteiger partial charge < -0.3 is 10.1 Å². The molecule has 0 radical (unpaired) electrons. The molecule has 0 aromatic heterocycles. The third-order valence-corrected chi connectivity index (χ3v) is 3.98. The van der Waals surface area contributed by atoms with Gasteiger partial charge in [0.2, 0.25) is 0 Å². The Balaban J connectivity index is 2.59. The largest absolute Gasteiger partial charge is 0.461 e. The number of hydrogen-bond acceptors (Lipinski definition) is 6. The molecule has 25 heavy (non-hydrogen) atoms. The highest BCUT2D eigenvalue weighted by Gasteiger charge is 2.34. The lowest BCUT2D eigenvalue weighted by molar-refractivity contribution is -0.384. The third-order valence-electron chi connectivity index (χ3n) is 3.83. The highest BCUT2D eigenvalue weighted by atomic mass is 35.5. The fraction of sp³-hybridized carbons (Fsp3) is 0.294. The molecule has 0 unspecified atom stereocenters. The van der Waals surface area contributed by atoms with Gasteiger partial charge in [0.05, 0.1) is 33.9 Å². The van der Waals surface area contributed by atoms with Crippen LogP contribution in [-0.2, 0) is 9.53 Å². The summed E-state index contributed by atoms with van der Waals surface area (Å²) in [5.41, 5.74) is 2.04. The van der Waals surface area contributed by atoms with Gasteiger partial charge in [0, 0.05) is 23.5 Å². The molecule has 1 aliphatic rings. The van der Waals surface area contributed by atoms with E-state index in [0.29, 0.717) is 22.5 Å². The fourth-order valence-electron chi connectivity index (χ4n) is 2.77. The van der Waals surface area contributed by atoms with Gasteiger partial charge in [0.25, 0.3) is 5.69 Å². The summed E-state index contributed by atoms with van der Waals surface area (Å²) in [6.45, 7) is 3.44. The molecule has 0 bridgehead atoms. The number of rotatable bonds is 5.